The van der Waals surface area contributed by atoms with Gasteiger partial charge in [0.25, 0.3) is 0 Å². The van der Waals surface area contributed by atoms with Crippen molar-refractivity contribution in [1.82, 2.24) is 44.1 Å². The van der Waals surface area contributed by atoms with E-state index in [9.17, 15) is 0 Å². The summed E-state index contributed by atoms with van der Waals surface area (Å²) in [7, 11) is 27.6. The molecule has 0 fully saturated rings. The molecule has 0 bridgehead atoms. The van der Waals surface area contributed by atoms with Crippen LogP contribution in [0.25, 0.3) is 0 Å². The molecule has 0 heterocycles. The van der Waals surface area contributed by atoms with Crippen molar-refractivity contribution in [2.24, 2.45) is 0 Å². The minimum absolute atomic E-state index is 0.246. The maximum Gasteiger partial charge on any atom is 0.0704 e. The highest BCUT2D eigenvalue weighted by molar-refractivity contribution is 5.15. The van der Waals surface area contributed by atoms with Gasteiger partial charge in [0, 0.05) is 39.3 Å². The largest absolute Gasteiger partial charge is 0.378 e. The number of allylic oxidation sites excluding steroid dienone is 12. The molecule has 0 saturated carbocycles. The van der Waals surface area contributed by atoms with Crippen LogP contribution < -0.4 is 0 Å². The summed E-state index contributed by atoms with van der Waals surface area (Å²) in [6.07, 6.45) is 29.5. The quantitative estimate of drug-likeness (QED) is 0.0330. The Morgan fingerprint density at radius 2 is 0.663 bits per heavy atom. The normalized spacial score (nSPS) is 12.6. The zero-order valence-electron chi connectivity index (χ0n) is 61.8. The molecule has 13 heteroatoms. The minimum Gasteiger partial charge on any atom is -0.378 e. The number of rotatable bonds is 55. The first-order valence-electron chi connectivity index (χ1n) is 33.3. The lowest BCUT2D eigenvalue weighted by Gasteiger charge is -2.27. The Bertz CT molecular complexity index is 1890. The molecule has 0 aliphatic rings. The van der Waals surface area contributed by atoms with E-state index in [1.165, 1.54) is 61.1 Å². The SMILES string of the molecule is C=CC(=C)CC/C=C(\C)CN(CCCN(C)C)CCCN(C)C.C=CC(=C)CC/C=C(\C)COC(C)CN(CCCN(C)C)CCCN(C)C.C=CC(=C)CC/C=C(\C)COCCN(C)CCN(C)C.C=CC(=C)CC/C=C(\C)COCCOCCN(C)C. The Labute approximate surface area is 553 Å². The van der Waals surface area contributed by atoms with E-state index in [-0.39, 0.29) is 6.10 Å². The molecule has 0 aliphatic carbocycles. The van der Waals surface area contributed by atoms with Gasteiger partial charge in [0.2, 0.25) is 0 Å². The predicted octanol–water partition coefficient (Wildman–Crippen LogP) is 13.7. The molecule has 0 aromatic heterocycles. The fraction of sp³-hybridized carbons (Fsp3) is 0.684. The zero-order valence-corrected chi connectivity index (χ0v) is 61.8. The van der Waals surface area contributed by atoms with E-state index >= 15 is 0 Å². The van der Waals surface area contributed by atoms with Gasteiger partial charge in [0.15, 0.2) is 0 Å². The van der Waals surface area contributed by atoms with Gasteiger partial charge < -0.3 is 58.1 Å². The smallest absolute Gasteiger partial charge is 0.0704 e. The van der Waals surface area contributed by atoms with Gasteiger partial charge in [0.1, 0.15) is 0 Å². The van der Waals surface area contributed by atoms with Crippen LogP contribution in [-0.2, 0) is 18.9 Å². The van der Waals surface area contributed by atoms with Crippen molar-refractivity contribution in [3.05, 3.63) is 146 Å². The molecule has 1 atom stereocenters. The fourth-order valence-corrected chi connectivity index (χ4v) is 8.35. The van der Waals surface area contributed by atoms with Gasteiger partial charge in [-0.3, -0.25) is 4.90 Å². The number of nitrogens with zero attached hydrogens (tertiary/aromatic N) is 9. The van der Waals surface area contributed by atoms with Crippen molar-refractivity contribution in [2.45, 2.75) is 118 Å². The molecule has 0 rings (SSSR count). The third kappa shape index (κ3) is 75.0. The molecular formula is C76H145N9O4. The number of ether oxygens (including phenoxy) is 4. The lowest BCUT2D eigenvalue weighted by molar-refractivity contribution is 0.0494. The predicted molar refractivity (Wildman–Crippen MR) is 397 cm³/mol. The van der Waals surface area contributed by atoms with Crippen LogP contribution in [0.3, 0.4) is 0 Å². The lowest BCUT2D eigenvalue weighted by atomic mass is 10.1. The maximum absolute atomic E-state index is 6.10. The van der Waals surface area contributed by atoms with Gasteiger partial charge in [-0.25, -0.2) is 0 Å². The van der Waals surface area contributed by atoms with Crippen molar-refractivity contribution in [2.75, 3.05) is 229 Å². The molecule has 518 valence electrons. The first kappa shape index (κ1) is 91.8. The second-order valence-corrected chi connectivity index (χ2v) is 25.8. The molecule has 0 aliphatic heterocycles. The van der Waals surface area contributed by atoms with E-state index in [4.69, 9.17) is 18.9 Å². The maximum atomic E-state index is 6.10. The van der Waals surface area contributed by atoms with Crippen LogP contribution in [0, 0.1) is 0 Å². The van der Waals surface area contributed by atoms with Crippen LogP contribution in [0.2, 0.25) is 0 Å². The van der Waals surface area contributed by atoms with Crippen molar-refractivity contribution < 1.29 is 18.9 Å². The average molecular weight is 1250 g/mol. The van der Waals surface area contributed by atoms with Gasteiger partial charge in [-0.15, -0.1) is 0 Å². The molecule has 0 N–H and O–H groups in total. The fourth-order valence-electron chi connectivity index (χ4n) is 8.35. The zero-order chi connectivity index (χ0) is 68.2. The summed E-state index contributed by atoms with van der Waals surface area (Å²) >= 11 is 0. The van der Waals surface area contributed by atoms with E-state index < -0.39 is 0 Å². The molecule has 0 amide bonds. The van der Waals surface area contributed by atoms with Gasteiger partial charge in [0.05, 0.1) is 52.4 Å². The Balaban J connectivity index is -0.000000546. The number of hydrogen-bond acceptors (Lipinski definition) is 13. The highest BCUT2D eigenvalue weighted by atomic mass is 16.5. The Morgan fingerprint density at radius 3 is 1.02 bits per heavy atom. The number of likely N-dealkylation sites (N-methyl/N-ethyl adjacent to an activating group) is 3. The third-order valence-corrected chi connectivity index (χ3v) is 14.2. The van der Waals surface area contributed by atoms with Gasteiger partial charge in [-0.05, 0) is 256 Å². The standard InChI is InChI=1S/C23H45N3O.C20H39N3.C17H32N2O.C16H29NO2/c1-9-21(2)13-10-14-22(3)20-27-23(4)19-26(17-11-15-24(5)6)18-12-16-25(7)8;1-8-19(2)12-9-13-20(3)18-23(16-10-14-21(4)5)17-11-15-22(6)7;1-7-16(2)9-8-10-17(3)15-20-14-13-19(6)12-11-18(4)5;1-6-15(2)8-7-9-16(3)14-19-13-12-18-11-10-17(4)5/h9,14,23H,1-2,10-13,15-20H2,3-8H3;8,13H,1-2,9-12,14-18H2,3-7H3;7,10H,1-2,8-9,11-15H2,3-6H3;6,9H,1-2,7-8,10-14H2,3-5H3/b22-14+;20-13+;17-10+;16-9+. The molecule has 1 unspecified atom stereocenters. The van der Waals surface area contributed by atoms with Gasteiger partial charge >= 0.3 is 0 Å². The van der Waals surface area contributed by atoms with Crippen molar-refractivity contribution in [3.8, 4) is 0 Å². The molecule has 0 radical (unpaired) electrons. The molecule has 0 spiro atoms. The summed E-state index contributed by atoms with van der Waals surface area (Å²) in [4.78, 5) is 20.8. The summed E-state index contributed by atoms with van der Waals surface area (Å²) in [6.45, 7) is 61.8. The van der Waals surface area contributed by atoms with E-state index in [1.54, 1.807) is 0 Å². The van der Waals surface area contributed by atoms with E-state index in [0.717, 1.165) is 172 Å². The molecular weight excluding hydrogens is 1100 g/mol. The highest BCUT2D eigenvalue weighted by Crippen LogP contribution is 2.12. The Kier molecular flexibility index (Phi) is 66.5. The summed E-state index contributed by atoms with van der Waals surface area (Å²) in [6, 6.07) is 0. The highest BCUT2D eigenvalue weighted by Gasteiger charge is 2.12. The van der Waals surface area contributed by atoms with Crippen LogP contribution in [0.1, 0.15) is 112 Å². The second-order valence-electron chi connectivity index (χ2n) is 25.8. The van der Waals surface area contributed by atoms with Gasteiger partial charge in [-0.2, -0.15) is 0 Å². The van der Waals surface area contributed by atoms with E-state index in [1.807, 2.05) is 38.4 Å². The number of hydrogen-bond donors (Lipinski definition) is 0. The van der Waals surface area contributed by atoms with Crippen LogP contribution in [0.5, 0.6) is 0 Å². The van der Waals surface area contributed by atoms with Crippen LogP contribution >= 0.6 is 0 Å². The third-order valence-electron chi connectivity index (χ3n) is 14.2. The summed E-state index contributed by atoms with van der Waals surface area (Å²) < 4.78 is 22.8. The molecule has 13 nitrogen and oxygen atoms in total. The van der Waals surface area contributed by atoms with E-state index in [0.29, 0.717) is 26.4 Å². The first-order chi connectivity index (χ1) is 42.1. The summed E-state index contributed by atoms with van der Waals surface area (Å²) in [5.74, 6) is 0. The Morgan fingerprint density at radius 1 is 0.348 bits per heavy atom. The topological polar surface area (TPSA) is 66.1 Å². The molecule has 0 aromatic rings. The Hall–Kier alpha value is -3.64. The summed E-state index contributed by atoms with van der Waals surface area (Å²) in [5, 5.41) is 0. The van der Waals surface area contributed by atoms with Crippen LogP contribution in [0.15, 0.2) is 146 Å². The lowest BCUT2D eigenvalue weighted by Crippen LogP contribution is -2.36. The van der Waals surface area contributed by atoms with Crippen LogP contribution in [-0.4, -0.2) is 280 Å². The van der Waals surface area contributed by atoms with Crippen LogP contribution in [0.4, 0.5) is 0 Å². The molecule has 0 aromatic carbocycles. The van der Waals surface area contributed by atoms with Crippen molar-refractivity contribution in [3.63, 3.8) is 0 Å². The first-order valence-corrected chi connectivity index (χ1v) is 33.3. The van der Waals surface area contributed by atoms with Crippen molar-refractivity contribution >= 4 is 0 Å². The van der Waals surface area contributed by atoms with Crippen molar-refractivity contribution in [1.29, 1.82) is 0 Å². The minimum atomic E-state index is 0.246. The average Bonchev–Trinajstić information content (AvgIpc) is 3.46. The summed E-state index contributed by atoms with van der Waals surface area (Å²) in [5.41, 5.74) is 9.71. The van der Waals surface area contributed by atoms with Gasteiger partial charge in [-0.1, -0.05) is 146 Å². The molecule has 89 heavy (non-hydrogen) atoms. The monoisotopic (exact) mass is 1250 g/mol. The molecule has 0 saturated heterocycles. The second kappa shape index (κ2) is 64.5. The van der Waals surface area contributed by atoms with E-state index in [2.05, 4.69) is 233 Å².